The Morgan fingerprint density at radius 3 is 2.52 bits per heavy atom. The highest BCUT2D eigenvalue weighted by molar-refractivity contribution is 6.30. The number of rotatable bonds is 6. The van der Waals surface area contributed by atoms with E-state index in [9.17, 15) is 4.79 Å². The molecule has 0 atom stereocenters. The Bertz CT molecular complexity index is 771. The summed E-state index contributed by atoms with van der Waals surface area (Å²) in [5, 5.41) is 3.81. The molecule has 0 bridgehead atoms. The fourth-order valence-corrected chi connectivity index (χ4v) is 3.22. The molecular weight excluding hydrogens is 364 g/mol. The molecular formula is C21H25ClN2O3. The number of halogens is 1. The lowest BCUT2D eigenvalue weighted by molar-refractivity contribution is 0.0916. The number of amides is 1. The van der Waals surface area contributed by atoms with Crippen LogP contribution in [0, 0.1) is 0 Å². The van der Waals surface area contributed by atoms with Crippen LogP contribution >= 0.6 is 11.6 Å². The number of methoxy groups -OCH3 is 1. The van der Waals surface area contributed by atoms with Gasteiger partial charge in [-0.15, -0.1) is 0 Å². The van der Waals surface area contributed by atoms with Gasteiger partial charge in [0.15, 0.2) is 11.5 Å². The fourth-order valence-electron chi connectivity index (χ4n) is 3.09. The molecule has 1 N–H and O–H groups in total. The molecule has 0 unspecified atom stereocenters. The normalized spacial score (nSPS) is 15.4. The molecule has 0 aliphatic carbocycles. The van der Waals surface area contributed by atoms with Crippen molar-refractivity contribution in [3.63, 3.8) is 0 Å². The van der Waals surface area contributed by atoms with Crippen LogP contribution in [0.2, 0.25) is 5.02 Å². The van der Waals surface area contributed by atoms with Gasteiger partial charge in [0.25, 0.3) is 5.91 Å². The highest BCUT2D eigenvalue weighted by atomic mass is 35.5. The van der Waals surface area contributed by atoms with Gasteiger partial charge >= 0.3 is 0 Å². The van der Waals surface area contributed by atoms with Crippen molar-refractivity contribution >= 4 is 17.5 Å². The van der Waals surface area contributed by atoms with Gasteiger partial charge in [-0.1, -0.05) is 23.7 Å². The van der Waals surface area contributed by atoms with E-state index in [1.54, 1.807) is 25.3 Å². The van der Waals surface area contributed by atoms with Crippen molar-refractivity contribution < 1.29 is 14.3 Å². The molecule has 1 fully saturated rings. The fraction of sp³-hybridized carbons (Fsp3) is 0.381. The van der Waals surface area contributed by atoms with Crippen LogP contribution in [0.15, 0.2) is 42.5 Å². The van der Waals surface area contributed by atoms with E-state index in [0.29, 0.717) is 28.7 Å². The Kier molecular flexibility index (Phi) is 6.58. The molecule has 1 amide bonds. The Morgan fingerprint density at radius 1 is 1.15 bits per heavy atom. The number of nitrogens with one attached hydrogen (secondary N) is 1. The largest absolute Gasteiger partial charge is 0.493 e. The van der Waals surface area contributed by atoms with Gasteiger partial charge in [0, 0.05) is 16.6 Å². The standard InChI is InChI=1S/C21H25ClN2O3/c1-24-11-9-18(10-12-24)23-21(25)16-5-8-19(20(13-16)26-2)27-14-15-3-6-17(22)7-4-15/h3-8,13,18H,9-12,14H2,1-2H3,(H,23,25). The molecule has 0 spiro atoms. The van der Waals surface area contributed by atoms with Crippen LogP contribution in [-0.4, -0.2) is 44.1 Å². The van der Waals surface area contributed by atoms with Gasteiger partial charge < -0.3 is 19.7 Å². The number of ether oxygens (including phenoxy) is 2. The molecule has 1 saturated heterocycles. The van der Waals surface area contributed by atoms with Gasteiger partial charge in [-0.3, -0.25) is 4.79 Å². The molecule has 1 aliphatic heterocycles. The Hall–Kier alpha value is -2.24. The third kappa shape index (κ3) is 5.37. The van der Waals surface area contributed by atoms with Crippen molar-refractivity contribution in [3.05, 3.63) is 58.6 Å². The first kappa shape index (κ1) is 19.5. The maximum absolute atomic E-state index is 12.6. The molecule has 0 aromatic heterocycles. The third-order valence-electron chi connectivity index (χ3n) is 4.79. The van der Waals surface area contributed by atoms with Gasteiger partial charge in [0.1, 0.15) is 6.61 Å². The lowest BCUT2D eigenvalue weighted by Crippen LogP contribution is -2.43. The predicted octanol–water partition coefficient (Wildman–Crippen LogP) is 3.75. The topological polar surface area (TPSA) is 50.8 Å². The van der Waals surface area contributed by atoms with E-state index < -0.39 is 0 Å². The Labute approximate surface area is 165 Å². The van der Waals surface area contributed by atoms with Gasteiger partial charge in [-0.25, -0.2) is 0 Å². The molecule has 5 nitrogen and oxygen atoms in total. The van der Waals surface area contributed by atoms with Crippen LogP contribution in [-0.2, 0) is 6.61 Å². The van der Waals surface area contributed by atoms with Crippen LogP contribution < -0.4 is 14.8 Å². The molecule has 6 heteroatoms. The smallest absolute Gasteiger partial charge is 0.251 e. The number of carbonyl (C=O) groups excluding carboxylic acids is 1. The lowest BCUT2D eigenvalue weighted by atomic mass is 10.0. The van der Waals surface area contributed by atoms with E-state index in [-0.39, 0.29) is 11.9 Å². The number of likely N-dealkylation sites (tertiary alicyclic amines) is 1. The first-order valence-electron chi connectivity index (χ1n) is 9.10. The van der Waals surface area contributed by atoms with Crippen molar-refractivity contribution in [2.24, 2.45) is 0 Å². The maximum Gasteiger partial charge on any atom is 0.251 e. The summed E-state index contributed by atoms with van der Waals surface area (Å²) in [5.41, 5.74) is 1.58. The van der Waals surface area contributed by atoms with Crippen molar-refractivity contribution in [2.45, 2.75) is 25.5 Å². The second-order valence-corrected chi connectivity index (χ2v) is 7.27. The van der Waals surface area contributed by atoms with E-state index in [1.807, 2.05) is 24.3 Å². The highest BCUT2D eigenvalue weighted by Gasteiger charge is 2.20. The number of hydrogen-bond donors (Lipinski definition) is 1. The molecule has 144 valence electrons. The number of piperidine rings is 1. The van der Waals surface area contributed by atoms with Crippen LogP contribution in [0.25, 0.3) is 0 Å². The zero-order valence-electron chi connectivity index (χ0n) is 15.7. The molecule has 27 heavy (non-hydrogen) atoms. The molecule has 1 aliphatic rings. The SMILES string of the molecule is COc1cc(C(=O)NC2CCN(C)CC2)ccc1OCc1ccc(Cl)cc1. The average Bonchev–Trinajstić information content (AvgIpc) is 2.69. The highest BCUT2D eigenvalue weighted by Crippen LogP contribution is 2.29. The first-order valence-corrected chi connectivity index (χ1v) is 9.47. The minimum Gasteiger partial charge on any atom is -0.493 e. The van der Waals surface area contributed by atoms with Gasteiger partial charge in [-0.2, -0.15) is 0 Å². The number of nitrogens with zero attached hydrogens (tertiary/aromatic N) is 1. The summed E-state index contributed by atoms with van der Waals surface area (Å²) in [4.78, 5) is 14.8. The molecule has 2 aromatic rings. The van der Waals surface area contributed by atoms with Crippen LogP contribution in [0.4, 0.5) is 0 Å². The van der Waals surface area contributed by atoms with Gasteiger partial charge in [0.2, 0.25) is 0 Å². The minimum absolute atomic E-state index is 0.0768. The second kappa shape index (κ2) is 9.11. The zero-order valence-corrected chi connectivity index (χ0v) is 16.5. The summed E-state index contributed by atoms with van der Waals surface area (Å²) in [6.07, 6.45) is 1.95. The van der Waals surface area contributed by atoms with Crippen LogP contribution in [0.1, 0.15) is 28.8 Å². The summed E-state index contributed by atoms with van der Waals surface area (Å²) in [6.45, 7) is 2.41. The summed E-state index contributed by atoms with van der Waals surface area (Å²) >= 11 is 5.90. The maximum atomic E-state index is 12.6. The molecule has 0 radical (unpaired) electrons. The quantitative estimate of drug-likeness (QED) is 0.818. The van der Waals surface area contributed by atoms with Crippen molar-refractivity contribution in [3.8, 4) is 11.5 Å². The summed E-state index contributed by atoms with van der Waals surface area (Å²) in [7, 11) is 3.68. The minimum atomic E-state index is -0.0768. The van der Waals surface area contributed by atoms with Crippen LogP contribution in [0.5, 0.6) is 11.5 Å². The van der Waals surface area contributed by atoms with E-state index in [2.05, 4.69) is 17.3 Å². The van der Waals surface area contributed by atoms with Crippen molar-refractivity contribution in [1.82, 2.24) is 10.2 Å². The van der Waals surface area contributed by atoms with Crippen molar-refractivity contribution in [1.29, 1.82) is 0 Å². The summed E-state index contributed by atoms with van der Waals surface area (Å²) in [6, 6.07) is 13.0. The monoisotopic (exact) mass is 388 g/mol. The average molecular weight is 389 g/mol. The Balaban J connectivity index is 1.62. The summed E-state index contributed by atoms with van der Waals surface area (Å²) in [5.74, 6) is 1.07. The molecule has 2 aromatic carbocycles. The van der Waals surface area contributed by atoms with Gasteiger partial charge in [-0.05, 0) is 68.9 Å². The van der Waals surface area contributed by atoms with E-state index >= 15 is 0 Å². The van der Waals surface area contributed by atoms with E-state index in [1.165, 1.54) is 0 Å². The van der Waals surface area contributed by atoms with Crippen molar-refractivity contribution in [2.75, 3.05) is 27.2 Å². The molecule has 0 saturated carbocycles. The lowest BCUT2D eigenvalue weighted by Gasteiger charge is -2.29. The van der Waals surface area contributed by atoms with E-state index in [4.69, 9.17) is 21.1 Å². The van der Waals surface area contributed by atoms with Gasteiger partial charge in [0.05, 0.1) is 7.11 Å². The molecule has 3 rings (SSSR count). The number of benzene rings is 2. The zero-order chi connectivity index (χ0) is 19.2. The third-order valence-corrected chi connectivity index (χ3v) is 5.04. The Morgan fingerprint density at radius 2 is 1.85 bits per heavy atom. The first-order chi connectivity index (χ1) is 13.0. The molecule has 1 heterocycles. The predicted molar refractivity (Wildman–Crippen MR) is 107 cm³/mol. The van der Waals surface area contributed by atoms with E-state index in [0.717, 1.165) is 31.5 Å². The number of carbonyl (C=O) groups is 1. The van der Waals surface area contributed by atoms with Crippen LogP contribution in [0.3, 0.4) is 0 Å². The second-order valence-electron chi connectivity index (χ2n) is 6.83. The summed E-state index contributed by atoms with van der Waals surface area (Å²) < 4.78 is 11.3. The number of hydrogen-bond acceptors (Lipinski definition) is 4.